The molecule has 1 aliphatic heterocycles. The Morgan fingerprint density at radius 1 is 1.75 bits per heavy atom. The first-order valence-corrected chi connectivity index (χ1v) is 3.08. The number of aliphatic hydroxyl groups excluding tert-OH is 1. The highest BCUT2D eigenvalue weighted by Gasteiger charge is 2.26. The zero-order valence-electron chi connectivity index (χ0n) is 5.28. The van der Waals surface area contributed by atoms with Crippen LogP contribution in [0.15, 0.2) is 0 Å². The van der Waals surface area contributed by atoms with Crippen molar-refractivity contribution in [2.45, 2.75) is 13.3 Å². The van der Waals surface area contributed by atoms with Crippen molar-refractivity contribution >= 4 is 0 Å². The molecule has 2 nitrogen and oxygen atoms in total. The van der Waals surface area contributed by atoms with Crippen molar-refractivity contribution in [3.05, 3.63) is 0 Å². The van der Waals surface area contributed by atoms with E-state index in [9.17, 15) is 0 Å². The molecule has 2 heteroatoms. The van der Waals surface area contributed by atoms with Crippen LogP contribution in [0.25, 0.3) is 0 Å². The van der Waals surface area contributed by atoms with Crippen molar-refractivity contribution in [2.75, 3.05) is 19.7 Å². The lowest BCUT2D eigenvalue weighted by Crippen LogP contribution is -2.23. The van der Waals surface area contributed by atoms with E-state index in [0.29, 0.717) is 6.61 Å². The van der Waals surface area contributed by atoms with E-state index < -0.39 is 0 Å². The van der Waals surface area contributed by atoms with Gasteiger partial charge in [-0.1, -0.05) is 6.92 Å². The van der Waals surface area contributed by atoms with Gasteiger partial charge < -0.3 is 10.4 Å². The van der Waals surface area contributed by atoms with Gasteiger partial charge in [-0.05, 0) is 13.0 Å². The molecule has 0 aromatic heterocycles. The Morgan fingerprint density at radius 2 is 2.50 bits per heavy atom. The van der Waals surface area contributed by atoms with E-state index in [1.807, 2.05) is 0 Å². The third kappa shape index (κ3) is 1.01. The number of hydrogen-bond donors (Lipinski definition) is 2. The molecule has 8 heavy (non-hydrogen) atoms. The van der Waals surface area contributed by atoms with Gasteiger partial charge in [-0.2, -0.15) is 0 Å². The molecular weight excluding hydrogens is 102 g/mol. The van der Waals surface area contributed by atoms with Crippen LogP contribution in [-0.2, 0) is 0 Å². The molecule has 1 saturated heterocycles. The van der Waals surface area contributed by atoms with Gasteiger partial charge in [0.1, 0.15) is 0 Å². The van der Waals surface area contributed by atoms with E-state index in [1.54, 1.807) is 0 Å². The van der Waals surface area contributed by atoms with Crippen LogP contribution in [0.4, 0.5) is 0 Å². The Balaban J connectivity index is 2.40. The summed E-state index contributed by atoms with van der Waals surface area (Å²) in [4.78, 5) is 0. The van der Waals surface area contributed by atoms with Gasteiger partial charge >= 0.3 is 0 Å². The average Bonchev–Trinajstić information content (AvgIpc) is 2.17. The van der Waals surface area contributed by atoms with Crippen LogP contribution in [0.2, 0.25) is 0 Å². The summed E-state index contributed by atoms with van der Waals surface area (Å²) in [6, 6.07) is 0. The normalized spacial score (nSPS) is 38.2. The molecule has 1 rings (SSSR count). The largest absolute Gasteiger partial charge is 0.396 e. The first-order chi connectivity index (χ1) is 3.77. The molecule has 1 heterocycles. The zero-order valence-corrected chi connectivity index (χ0v) is 5.28. The van der Waals surface area contributed by atoms with Gasteiger partial charge in [-0.25, -0.2) is 0 Å². The second-order valence-electron chi connectivity index (χ2n) is 2.90. The van der Waals surface area contributed by atoms with E-state index in [-0.39, 0.29) is 5.41 Å². The van der Waals surface area contributed by atoms with E-state index in [2.05, 4.69) is 12.2 Å². The fourth-order valence-corrected chi connectivity index (χ4v) is 1.00. The van der Waals surface area contributed by atoms with Gasteiger partial charge in [0.2, 0.25) is 0 Å². The standard InChI is InChI=1S/C6H13NO/c1-6(5-8)2-3-7-4-6/h7-8H,2-5H2,1H3/t6-/m0/s1. The lowest BCUT2D eigenvalue weighted by atomic mass is 9.91. The molecule has 1 fully saturated rings. The van der Waals surface area contributed by atoms with Crippen LogP contribution in [0.5, 0.6) is 0 Å². The number of hydrogen-bond acceptors (Lipinski definition) is 2. The molecule has 0 spiro atoms. The maximum absolute atomic E-state index is 8.79. The van der Waals surface area contributed by atoms with Gasteiger partial charge in [0, 0.05) is 18.6 Å². The molecular formula is C6H13NO. The molecule has 1 aliphatic rings. The van der Waals surface area contributed by atoms with Crippen LogP contribution in [0, 0.1) is 5.41 Å². The predicted octanol–water partition coefficient (Wildman–Crippen LogP) is -0.0217. The predicted molar refractivity (Wildman–Crippen MR) is 32.7 cm³/mol. The molecule has 0 bridgehead atoms. The number of nitrogens with one attached hydrogen (secondary N) is 1. The zero-order chi connectivity index (χ0) is 6.04. The Kier molecular flexibility index (Phi) is 1.54. The molecule has 0 aliphatic carbocycles. The monoisotopic (exact) mass is 115 g/mol. The molecule has 2 N–H and O–H groups in total. The highest BCUT2D eigenvalue weighted by Crippen LogP contribution is 2.22. The summed E-state index contributed by atoms with van der Waals surface area (Å²) in [5.41, 5.74) is 0.181. The molecule has 0 unspecified atom stereocenters. The van der Waals surface area contributed by atoms with Crippen molar-refractivity contribution in [3.8, 4) is 0 Å². The summed E-state index contributed by atoms with van der Waals surface area (Å²) >= 11 is 0. The van der Waals surface area contributed by atoms with E-state index in [0.717, 1.165) is 19.5 Å². The summed E-state index contributed by atoms with van der Waals surface area (Å²) < 4.78 is 0. The Hall–Kier alpha value is -0.0800. The minimum absolute atomic E-state index is 0.181. The molecule has 0 aromatic carbocycles. The van der Waals surface area contributed by atoms with Crippen LogP contribution in [0.3, 0.4) is 0 Å². The van der Waals surface area contributed by atoms with Crippen LogP contribution in [0.1, 0.15) is 13.3 Å². The maximum atomic E-state index is 8.79. The Labute approximate surface area is 49.9 Å². The third-order valence-electron chi connectivity index (χ3n) is 1.84. The van der Waals surface area contributed by atoms with E-state index >= 15 is 0 Å². The fraction of sp³-hybridized carbons (Fsp3) is 1.00. The SMILES string of the molecule is C[C@]1(CO)CCNC1. The number of rotatable bonds is 1. The minimum Gasteiger partial charge on any atom is -0.396 e. The molecule has 48 valence electrons. The fourth-order valence-electron chi connectivity index (χ4n) is 1.00. The molecule has 0 amide bonds. The van der Waals surface area contributed by atoms with E-state index in [4.69, 9.17) is 5.11 Å². The smallest absolute Gasteiger partial charge is 0.0497 e. The molecule has 0 saturated carbocycles. The van der Waals surface area contributed by atoms with Gasteiger partial charge in [0.15, 0.2) is 0 Å². The van der Waals surface area contributed by atoms with Gasteiger partial charge in [0.05, 0.1) is 0 Å². The quantitative estimate of drug-likeness (QED) is 0.503. The van der Waals surface area contributed by atoms with Crippen LogP contribution < -0.4 is 5.32 Å². The van der Waals surface area contributed by atoms with Crippen molar-refractivity contribution in [1.29, 1.82) is 0 Å². The second kappa shape index (κ2) is 2.03. The lowest BCUT2D eigenvalue weighted by Gasteiger charge is -2.17. The molecule has 1 atom stereocenters. The van der Waals surface area contributed by atoms with Crippen LogP contribution >= 0.6 is 0 Å². The van der Waals surface area contributed by atoms with Crippen LogP contribution in [-0.4, -0.2) is 24.8 Å². The average molecular weight is 115 g/mol. The van der Waals surface area contributed by atoms with Crippen molar-refractivity contribution in [1.82, 2.24) is 5.32 Å². The van der Waals surface area contributed by atoms with Gasteiger partial charge in [0.25, 0.3) is 0 Å². The van der Waals surface area contributed by atoms with Gasteiger partial charge in [-0.3, -0.25) is 0 Å². The highest BCUT2D eigenvalue weighted by molar-refractivity contribution is 4.82. The van der Waals surface area contributed by atoms with Crippen molar-refractivity contribution in [2.24, 2.45) is 5.41 Å². The maximum Gasteiger partial charge on any atom is 0.0497 e. The minimum atomic E-state index is 0.181. The number of aliphatic hydroxyl groups is 1. The second-order valence-corrected chi connectivity index (χ2v) is 2.90. The molecule has 0 aromatic rings. The van der Waals surface area contributed by atoms with Crippen molar-refractivity contribution < 1.29 is 5.11 Å². The summed E-state index contributed by atoms with van der Waals surface area (Å²) in [5.74, 6) is 0. The summed E-state index contributed by atoms with van der Waals surface area (Å²) in [6.07, 6.45) is 1.11. The Bertz CT molecular complexity index is 76.6. The molecule has 0 radical (unpaired) electrons. The summed E-state index contributed by atoms with van der Waals surface area (Å²) in [6.45, 7) is 4.47. The van der Waals surface area contributed by atoms with Gasteiger partial charge in [-0.15, -0.1) is 0 Å². The third-order valence-corrected chi connectivity index (χ3v) is 1.84. The summed E-state index contributed by atoms with van der Waals surface area (Å²) in [7, 11) is 0. The highest BCUT2D eigenvalue weighted by atomic mass is 16.3. The first kappa shape index (κ1) is 6.05. The topological polar surface area (TPSA) is 32.3 Å². The van der Waals surface area contributed by atoms with E-state index in [1.165, 1.54) is 0 Å². The Morgan fingerprint density at radius 3 is 2.75 bits per heavy atom. The lowest BCUT2D eigenvalue weighted by molar-refractivity contribution is 0.160. The first-order valence-electron chi connectivity index (χ1n) is 3.08. The van der Waals surface area contributed by atoms with Crippen molar-refractivity contribution in [3.63, 3.8) is 0 Å². The summed E-state index contributed by atoms with van der Waals surface area (Å²) in [5, 5.41) is 12.0.